The lowest BCUT2D eigenvalue weighted by molar-refractivity contribution is 0.201. The van der Waals surface area contributed by atoms with Crippen molar-refractivity contribution < 1.29 is 14.6 Å². The van der Waals surface area contributed by atoms with E-state index in [4.69, 9.17) is 9.84 Å². The maximum absolute atomic E-state index is 11.0. The van der Waals surface area contributed by atoms with Gasteiger partial charge in [-0.2, -0.15) is 0 Å². The molecule has 1 aromatic rings. The summed E-state index contributed by atoms with van der Waals surface area (Å²) >= 11 is 0. The highest BCUT2D eigenvalue weighted by Gasteiger charge is 2.28. The maximum Gasteiger partial charge on any atom is 0.411 e. The molecule has 4 nitrogen and oxygen atoms in total. The maximum atomic E-state index is 11.0. The van der Waals surface area contributed by atoms with Crippen LogP contribution in [0.4, 0.5) is 10.5 Å². The Morgan fingerprint density at radius 1 is 1.53 bits per heavy atom. The predicted molar refractivity (Wildman–Crippen MR) is 56.3 cm³/mol. The fraction of sp³-hybridized carbons (Fsp3) is 0.364. The van der Waals surface area contributed by atoms with Crippen LogP contribution in [0.2, 0.25) is 0 Å². The molecule has 15 heavy (non-hydrogen) atoms. The number of aryl methyl sites for hydroxylation is 1. The molecule has 1 heterocycles. The van der Waals surface area contributed by atoms with Gasteiger partial charge in [0.1, 0.15) is 0 Å². The van der Waals surface area contributed by atoms with E-state index in [-0.39, 0.29) is 6.10 Å². The Hall–Kier alpha value is -1.55. The molecule has 2 rings (SSSR count). The molecule has 0 bridgehead atoms. The third-order valence-electron chi connectivity index (χ3n) is 2.37. The highest BCUT2D eigenvalue weighted by atomic mass is 16.6. The van der Waals surface area contributed by atoms with Crippen LogP contribution in [-0.4, -0.2) is 30.5 Å². The number of nitrogens with zero attached hydrogens (tertiary/aromatic N) is 1. The third-order valence-corrected chi connectivity index (χ3v) is 2.37. The Balaban J connectivity index is 2.15. The summed E-state index contributed by atoms with van der Waals surface area (Å²) in [7, 11) is 0. The van der Waals surface area contributed by atoms with Gasteiger partial charge in [0, 0.05) is 5.69 Å². The summed E-state index contributed by atoms with van der Waals surface area (Å²) in [6.07, 6.45) is -0.864. The van der Waals surface area contributed by atoms with Gasteiger partial charge in [-0.1, -0.05) is 17.7 Å². The van der Waals surface area contributed by atoms with E-state index in [0.29, 0.717) is 18.8 Å². The molecule has 1 aliphatic heterocycles. The number of hydrogen-bond donors (Lipinski definition) is 1. The van der Waals surface area contributed by atoms with Crippen LogP contribution in [-0.2, 0) is 4.74 Å². The minimum atomic E-state index is -0.936. The smallest absolute Gasteiger partial charge is 0.411 e. The molecule has 0 radical (unpaired) electrons. The van der Waals surface area contributed by atoms with Gasteiger partial charge in [-0.3, -0.25) is 4.90 Å². The highest BCUT2D eigenvalue weighted by Crippen LogP contribution is 2.19. The number of hydrogen-bond acceptors (Lipinski definition) is 2. The van der Waals surface area contributed by atoms with E-state index in [9.17, 15) is 4.79 Å². The van der Waals surface area contributed by atoms with Crippen molar-refractivity contribution in [2.24, 2.45) is 0 Å². The first-order valence-electron chi connectivity index (χ1n) is 4.85. The summed E-state index contributed by atoms with van der Waals surface area (Å²) in [5.74, 6) is 0. The molecule has 0 aromatic heterocycles. The Morgan fingerprint density at radius 2 is 2.13 bits per heavy atom. The zero-order chi connectivity index (χ0) is 10.8. The fourth-order valence-electron chi connectivity index (χ4n) is 1.40. The lowest BCUT2D eigenvalue weighted by Crippen LogP contribution is -2.32. The first kappa shape index (κ1) is 9.98. The average Bonchev–Trinajstić information content (AvgIpc) is 2.99. The van der Waals surface area contributed by atoms with Gasteiger partial charge in [0.15, 0.2) is 0 Å². The Bertz CT molecular complexity index is 357. The van der Waals surface area contributed by atoms with Crippen LogP contribution in [0.25, 0.3) is 0 Å². The SMILES string of the molecule is Cc1ccc(N(CC2CO2)C(=O)O)cc1. The third kappa shape index (κ3) is 2.47. The van der Waals surface area contributed by atoms with Crippen molar-refractivity contribution in [1.29, 1.82) is 0 Å². The minimum absolute atomic E-state index is 0.0717. The summed E-state index contributed by atoms with van der Waals surface area (Å²) in [5, 5.41) is 9.04. The van der Waals surface area contributed by atoms with Crippen molar-refractivity contribution in [3.05, 3.63) is 29.8 Å². The number of benzene rings is 1. The quantitative estimate of drug-likeness (QED) is 0.770. The second-order valence-electron chi connectivity index (χ2n) is 3.68. The molecule has 80 valence electrons. The number of epoxide rings is 1. The van der Waals surface area contributed by atoms with Gasteiger partial charge in [0.2, 0.25) is 0 Å². The zero-order valence-electron chi connectivity index (χ0n) is 8.51. The Kier molecular flexibility index (Phi) is 2.60. The van der Waals surface area contributed by atoms with Crippen LogP contribution in [0.15, 0.2) is 24.3 Å². The normalized spacial score (nSPS) is 18.6. The molecule has 1 atom stereocenters. The molecule has 1 aromatic carbocycles. The van der Waals surface area contributed by atoms with Crippen molar-refractivity contribution in [2.75, 3.05) is 18.1 Å². The molecule has 1 aliphatic rings. The number of carboxylic acid groups (broad SMARTS) is 1. The largest absolute Gasteiger partial charge is 0.465 e. The monoisotopic (exact) mass is 207 g/mol. The summed E-state index contributed by atoms with van der Waals surface area (Å²) in [5.41, 5.74) is 1.82. The van der Waals surface area contributed by atoms with Gasteiger partial charge in [-0.05, 0) is 19.1 Å². The lowest BCUT2D eigenvalue weighted by atomic mass is 10.2. The number of amides is 1. The molecule has 0 saturated carbocycles. The van der Waals surface area contributed by atoms with Gasteiger partial charge in [0.05, 0.1) is 19.3 Å². The van der Waals surface area contributed by atoms with Gasteiger partial charge in [-0.15, -0.1) is 0 Å². The van der Waals surface area contributed by atoms with Crippen molar-refractivity contribution in [3.63, 3.8) is 0 Å². The molecule has 4 heteroatoms. The van der Waals surface area contributed by atoms with Gasteiger partial charge >= 0.3 is 6.09 Å². The zero-order valence-corrected chi connectivity index (χ0v) is 8.51. The van der Waals surface area contributed by atoms with Crippen molar-refractivity contribution in [1.82, 2.24) is 0 Å². The molecule has 0 spiro atoms. The Morgan fingerprint density at radius 3 is 2.60 bits per heavy atom. The van der Waals surface area contributed by atoms with Crippen LogP contribution >= 0.6 is 0 Å². The minimum Gasteiger partial charge on any atom is -0.465 e. The van der Waals surface area contributed by atoms with Crippen molar-refractivity contribution >= 4 is 11.8 Å². The van der Waals surface area contributed by atoms with E-state index >= 15 is 0 Å². The molecule has 1 fully saturated rings. The first-order valence-corrected chi connectivity index (χ1v) is 4.85. The van der Waals surface area contributed by atoms with Crippen LogP contribution < -0.4 is 4.90 Å². The van der Waals surface area contributed by atoms with Crippen molar-refractivity contribution in [3.8, 4) is 0 Å². The van der Waals surface area contributed by atoms with Gasteiger partial charge < -0.3 is 9.84 Å². The standard InChI is InChI=1S/C11H13NO3/c1-8-2-4-9(5-3-8)12(11(13)14)6-10-7-15-10/h2-5,10H,6-7H2,1H3,(H,13,14). The second-order valence-corrected chi connectivity index (χ2v) is 3.68. The van der Waals surface area contributed by atoms with Crippen LogP contribution in [0.5, 0.6) is 0 Å². The Labute approximate surface area is 88.1 Å². The van der Waals surface area contributed by atoms with E-state index < -0.39 is 6.09 Å². The number of ether oxygens (including phenoxy) is 1. The van der Waals surface area contributed by atoms with Crippen LogP contribution in [0.1, 0.15) is 5.56 Å². The van der Waals surface area contributed by atoms with E-state index in [0.717, 1.165) is 5.56 Å². The van der Waals surface area contributed by atoms with Crippen molar-refractivity contribution in [2.45, 2.75) is 13.0 Å². The van der Waals surface area contributed by atoms with E-state index in [1.165, 1.54) is 4.90 Å². The molecular weight excluding hydrogens is 194 g/mol. The predicted octanol–water partition coefficient (Wildman–Crippen LogP) is 1.88. The van der Waals surface area contributed by atoms with Crippen LogP contribution in [0, 0.1) is 6.92 Å². The molecule has 0 aliphatic carbocycles. The summed E-state index contributed by atoms with van der Waals surface area (Å²) in [4.78, 5) is 12.3. The molecule has 1 N–H and O–H groups in total. The highest BCUT2D eigenvalue weighted by molar-refractivity contribution is 5.86. The fourth-order valence-corrected chi connectivity index (χ4v) is 1.40. The number of anilines is 1. The molecule has 1 saturated heterocycles. The molecule has 1 unspecified atom stereocenters. The molecular formula is C11H13NO3. The van der Waals surface area contributed by atoms with Gasteiger partial charge in [-0.25, -0.2) is 4.79 Å². The average molecular weight is 207 g/mol. The summed E-state index contributed by atoms with van der Waals surface area (Å²) in [6.45, 7) is 3.05. The van der Waals surface area contributed by atoms with Crippen LogP contribution in [0.3, 0.4) is 0 Å². The summed E-state index contributed by atoms with van der Waals surface area (Å²) < 4.78 is 5.03. The lowest BCUT2D eigenvalue weighted by Gasteiger charge is -2.18. The first-order chi connectivity index (χ1) is 7.16. The van der Waals surface area contributed by atoms with E-state index in [1.807, 2.05) is 31.2 Å². The molecule has 1 amide bonds. The van der Waals surface area contributed by atoms with E-state index in [2.05, 4.69) is 0 Å². The number of carbonyl (C=O) groups is 1. The number of rotatable bonds is 3. The summed E-state index contributed by atoms with van der Waals surface area (Å²) in [6, 6.07) is 7.43. The second kappa shape index (κ2) is 3.90. The van der Waals surface area contributed by atoms with Gasteiger partial charge in [0.25, 0.3) is 0 Å². The topological polar surface area (TPSA) is 53.1 Å². The van der Waals surface area contributed by atoms with E-state index in [1.54, 1.807) is 0 Å².